The van der Waals surface area contributed by atoms with Crippen molar-refractivity contribution in [2.24, 2.45) is 0 Å². The molecule has 2 rings (SSSR count). The van der Waals surface area contributed by atoms with Gasteiger partial charge in [0.05, 0.1) is 7.11 Å². The molecule has 0 saturated carbocycles. The number of nitrogens with one attached hydrogen (secondary N) is 1. The number of fused-ring (bicyclic) bond motifs is 1. The minimum absolute atomic E-state index is 0.123. The highest BCUT2D eigenvalue weighted by atomic mass is 16.5. The van der Waals surface area contributed by atoms with Gasteiger partial charge in [0, 0.05) is 17.6 Å². The van der Waals surface area contributed by atoms with E-state index in [-0.39, 0.29) is 5.54 Å². The van der Waals surface area contributed by atoms with Crippen LogP contribution in [0.2, 0.25) is 0 Å². The average molecular weight is 283 g/mol. The summed E-state index contributed by atoms with van der Waals surface area (Å²) in [5.74, 6) is 0.920. The van der Waals surface area contributed by atoms with Crippen molar-refractivity contribution < 1.29 is 4.74 Å². The molecule has 0 aliphatic heterocycles. The van der Waals surface area contributed by atoms with Gasteiger partial charge in [0.25, 0.3) is 0 Å². The molecule has 0 unspecified atom stereocenters. The molecule has 2 nitrogen and oxygen atoms in total. The van der Waals surface area contributed by atoms with Gasteiger partial charge in [-0.25, -0.2) is 0 Å². The molecule has 0 aliphatic carbocycles. The maximum absolute atomic E-state index is 5.53. The molecule has 0 saturated heterocycles. The monoisotopic (exact) mass is 283 g/mol. The van der Waals surface area contributed by atoms with E-state index in [0.717, 1.165) is 17.9 Å². The van der Waals surface area contributed by atoms with Gasteiger partial charge >= 0.3 is 0 Å². The van der Waals surface area contributed by atoms with Crippen molar-refractivity contribution in [2.75, 3.05) is 13.7 Å². The molecule has 0 bridgehead atoms. The maximum Gasteiger partial charge on any atom is 0.126 e. The minimum atomic E-state index is 0.123. The molecule has 2 aromatic rings. The number of ether oxygens (including phenoxy) is 1. The van der Waals surface area contributed by atoms with Crippen LogP contribution in [-0.4, -0.2) is 19.2 Å². The summed E-state index contributed by atoms with van der Waals surface area (Å²) in [6, 6.07) is 12.6. The Hall–Kier alpha value is -1.80. The van der Waals surface area contributed by atoms with Crippen LogP contribution in [-0.2, 0) is 0 Å². The summed E-state index contributed by atoms with van der Waals surface area (Å²) >= 11 is 0. The van der Waals surface area contributed by atoms with Crippen LogP contribution in [0.15, 0.2) is 42.0 Å². The van der Waals surface area contributed by atoms with Crippen LogP contribution in [0.25, 0.3) is 16.8 Å². The quantitative estimate of drug-likeness (QED) is 0.882. The van der Waals surface area contributed by atoms with E-state index in [9.17, 15) is 0 Å². The van der Waals surface area contributed by atoms with Crippen LogP contribution in [0.4, 0.5) is 0 Å². The molecule has 0 atom stereocenters. The van der Waals surface area contributed by atoms with Gasteiger partial charge in [-0.2, -0.15) is 0 Å². The fourth-order valence-corrected chi connectivity index (χ4v) is 2.30. The molecule has 0 heterocycles. The number of hydrogen-bond acceptors (Lipinski definition) is 2. The summed E-state index contributed by atoms with van der Waals surface area (Å²) in [6.45, 7) is 9.56. The van der Waals surface area contributed by atoms with Crippen LogP contribution in [0.3, 0.4) is 0 Å². The Bertz CT molecular complexity index is 650. The van der Waals surface area contributed by atoms with E-state index in [4.69, 9.17) is 4.74 Å². The zero-order valence-electron chi connectivity index (χ0n) is 13.7. The largest absolute Gasteiger partial charge is 0.496 e. The second kappa shape index (κ2) is 6.31. The molecular weight excluding hydrogens is 258 g/mol. The van der Waals surface area contributed by atoms with Gasteiger partial charge in [-0.15, -0.1) is 0 Å². The van der Waals surface area contributed by atoms with Gasteiger partial charge < -0.3 is 10.1 Å². The van der Waals surface area contributed by atoms with Gasteiger partial charge in [-0.3, -0.25) is 0 Å². The SMILES string of the molecule is COc1ccc2ccccc2c1C=C(C)CNC(C)(C)C. The smallest absolute Gasteiger partial charge is 0.126 e. The predicted molar refractivity (Wildman–Crippen MR) is 91.9 cm³/mol. The van der Waals surface area contributed by atoms with E-state index in [2.05, 4.69) is 69.4 Å². The van der Waals surface area contributed by atoms with E-state index in [1.165, 1.54) is 16.3 Å². The summed E-state index contributed by atoms with van der Waals surface area (Å²) < 4.78 is 5.53. The van der Waals surface area contributed by atoms with Crippen molar-refractivity contribution in [3.63, 3.8) is 0 Å². The molecule has 0 radical (unpaired) electrons. The highest BCUT2D eigenvalue weighted by molar-refractivity contribution is 5.93. The molecule has 0 aliphatic rings. The van der Waals surface area contributed by atoms with E-state index in [1.54, 1.807) is 7.11 Å². The highest BCUT2D eigenvalue weighted by Crippen LogP contribution is 2.29. The second-order valence-electron chi connectivity index (χ2n) is 6.50. The summed E-state index contributed by atoms with van der Waals surface area (Å²) in [7, 11) is 1.73. The molecular formula is C19H25NO. The van der Waals surface area contributed by atoms with Crippen molar-refractivity contribution in [2.45, 2.75) is 33.2 Å². The highest BCUT2D eigenvalue weighted by Gasteiger charge is 2.09. The van der Waals surface area contributed by atoms with Crippen molar-refractivity contribution in [3.05, 3.63) is 47.5 Å². The van der Waals surface area contributed by atoms with Crippen LogP contribution in [0.1, 0.15) is 33.3 Å². The first-order chi connectivity index (χ1) is 9.90. The third-order valence-electron chi connectivity index (χ3n) is 3.44. The van der Waals surface area contributed by atoms with Gasteiger partial charge in [0.2, 0.25) is 0 Å². The lowest BCUT2D eigenvalue weighted by atomic mass is 10.0. The molecule has 1 N–H and O–H groups in total. The summed E-state index contributed by atoms with van der Waals surface area (Å²) in [5.41, 5.74) is 2.57. The van der Waals surface area contributed by atoms with Gasteiger partial charge in [-0.05, 0) is 44.5 Å². The van der Waals surface area contributed by atoms with Crippen LogP contribution < -0.4 is 10.1 Å². The Balaban J connectivity index is 2.40. The minimum Gasteiger partial charge on any atom is -0.496 e. The summed E-state index contributed by atoms with van der Waals surface area (Å²) in [6.07, 6.45) is 2.22. The Morgan fingerprint density at radius 1 is 1.14 bits per heavy atom. The lowest BCUT2D eigenvalue weighted by Gasteiger charge is -2.21. The molecule has 0 amide bonds. The molecule has 0 aromatic heterocycles. The lowest BCUT2D eigenvalue weighted by molar-refractivity contribution is 0.414. The van der Waals surface area contributed by atoms with E-state index in [1.807, 2.05) is 6.07 Å². The van der Waals surface area contributed by atoms with Crippen LogP contribution in [0, 0.1) is 0 Å². The lowest BCUT2D eigenvalue weighted by Crippen LogP contribution is -2.36. The molecule has 2 heteroatoms. The third-order valence-corrected chi connectivity index (χ3v) is 3.44. The first kappa shape index (κ1) is 15.6. The maximum atomic E-state index is 5.53. The number of methoxy groups -OCH3 is 1. The fourth-order valence-electron chi connectivity index (χ4n) is 2.30. The topological polar surface area (TPSA) is 21.3 Å². The van der Waals surface area contributed by atoms with Crippen molar-refractivity contribution >= 4 is 16.8 Å². The molecule has 2 aromatic carbocycles. The second-order valence-corrected chi connectivity index (χ2v) is 6.50. The standard InChI is InChI=1S/C19H25NO/c1-14(13-20-19(2,3)4)12-17-16-9-7-6-8-15(16)10-11-18(17)21-5/h6-12,20H,13H2,1-5H3. The van der Waals surface area contributed by atoms with E-state index >= 15 is 0 Å². The number of rotatable bonds is 4. The number of benzene rings is 2. The first-order valence-corrected chi connectivity index (χ1v) is 7.38. The normalized spacial score (nSPS) is 12.7. The van der Waals surface area contributed by atoms with Gasteiger partial charge in [-0.1, -0.05) is 42.0 Å². The van der Waals surface area contributed by atoms with Crippen LogP contribution in [0.5, 0.6) is 5.75 Å². The van der Waals surface area contributed by atoms with Crippen LogP contribution >= 0.6 is 0 Å². The zero-order valence-corrected chi connectivity index (χ0v) is 13.7. The molecule has 112 valence electrons. The summed E-state index contributed by atoms with van der Waals surface area (Å²) in [5, 5.41) is 5.98. The van der Waals surface area contributed by atoms with Gasteiger partial charge in [0.1, 0.15) is 5.75 Å². The molecule has 21 heavy (non-hydrogen) atoms. The van der Waals surface area contributed by atoms with Crippen molar-refractivity contribution in [3.8, 4) is 5.75 Å². The molecule has 0 fully saturated rings. The summed E-state index contributed by atoms with van der Waals surface area (Å²) in [4.78, 5) is 0. The number of hydrogen-bond donors (Lipinski definition) is 1. The first-order valence-electron chi connectivity index (χ1n) is 7.38. The van der Waals surface area contributed by atoms with Crippen molar-refractivity contribution in [1.29, 1.82) is 0 Å². The van der Waals surface area contributed by atoms with E-state index < -0.39 is 0 Å². The average Bonchev–Trinajstić information content (AvgIpc) is 2.45. The fraction of sp³-hybridized carbons (Fsp3) is 0.368. The Morgan fingerprint density at radius 2 is 1.86 bits per heavy atom. The van der Waals surface area contributed by atoms with Crippen molar-refractivity contribution in [1.82, 2.24) is 5.32 Å². The Kier molecular flexibility index (Phi) is 4.69. The Labute approximate surface area is 127 Å². The molecule has 0 spiro atoms. The Morgan fingerprint density at radius 3 is 2.52 bits per heavy atom. The third kappa shape index (κ3) is 4.08. The van der Waals surface area contributed by atoms with Gasteiger partial charge in [0.15, 0.2) is 0 Å². The van der Waals surface area contributed by atoms with E-state index in [0.29, 0.717) is 0 Å². The zero-order chi connectivity index (χ0) is 15.5. The predicted octanol–water partition coefficient (Wildman–Crippen LogP) is 4.64.